The van der Waals surface area contributed by atoms with Gasteiger partial charge in [0.15, 0.2) is 0 Å². The van der Waals surface area contributed by atoms with Crippen molar-refractivity contribution in [1.29, 1.82) is 0 Å². The number of benzene rings is 2. The van der Waals surface area contributed by atoms with Gasteiger partial charge < -0.3 is 0 Å². The fourth-order valence-corrected chi connectivity index (χ4v) is 3.60. The standard InChI is InChI=1S/C17H14Cl2N2O3S/c18-13-5-3-12(4-6-13)7-9-24-21-25(22,23)14-10-16(19)15-2-1-8-20-17(15)11-14/h1-6,8,10-11,21H,7,9H2. The highest BCUT2D eigenvalue weighted by Gasteiger charge is 2.17. The maximum absolute atomic E-state index is 12.3. The summed E-state index contributed by atoms with van der Waals surface area (Å²) in [6, 6.07) is 13.6. The van der Waals surface area contributed by atoms with Crippen molar-refractivity contribution in [3.8, 4) is 0 Å². The lowest BCUT2D eigenvalue weighted by molar-refractivity contribution is 0.0959. The zero-order valence-electron chi connectivity index (χ0n) is 12.9. The van der Waals surface area contributed by atoms with Crippen LogP contribution in [0.2, 0.25) is 10.0 Å². The molecule has 130 valence electrons. The Bertz CT molecular complexity index is 992. The molecule has 3 rings (SSSR count). The van der Waals surface area contributed by atoms with E-state index in [2.05, 4.69) is 9.87 Å². The molecule has 0 unspecified atom stereocenters. The van der Waals surface area contributed by atoms with Gasteiger partial charge in [0.25, 0.3) is 10.0 Å². The van der Waals surface area contributed by atoms with Gasteiger partial charge in [-0.3, -0.25) is 9.82 Å². The highest BCUT2D eigenvalue weighted by molar-refractivity contribution is 7.89. The Hall–Kier alpha value is -1.70. The van der Waals surface area contributed by atoms with Crippen LogP contribution in [0.3, 0.4) is 0 Å². The van der Waals surface area contributed by atoms with Gasteiger partial charge in [0, 0.05) is 16.6 Å². The second kappa shape index (κ2) is 7.68. The van der Waals surface area contributed by atoms with Crippen LogP contribution in [0, 0.1) is 0 Å². The quantitative estimate of drug-likeness (QED) is 0.505. The number of rotatable bonds is 6. The predicted molar refractivity (Wildman–Crippen MR) is 98.2 cm³/mol. The predicted octanol–water partition coefficient (Wildman–Crippen LogP) is 3.99. The number of halogens is 2. The minimum atomic E-state index is -3.85. The maximum Gasteiger partial charge on any atom is 0.262 e. The van der Waals surface area contributed by atoms with E-state index in [4.69, 9.17) is 28.0 Å². The van der Waals surface area contributed by atoms with Crippen molar-refractivity contribution in [2.45, 2.75) is 11.3 Å². The fourth-order valence-electron chi connectivity index (χ4n) is 2.26. The summed E-state index contributed by atoms with van der Waals surface area (Å²) in [6.07, 6.45) is 2.12. The molecule has 0 saturated carbocycles. The summed E-state index contributed by atoms with van der Waals surface area (Å²) < 4.78 is 24.7. The molecule has 0 amide bonds. The van der Waals surface area contributed by atoms with E-state index in [-0.39, 0.29) is 11.5 Å². The number of nitrogens with one attached hydrogen (secondary N) is 1. The molecule has 25 heavy (non-hydrogen) atoms. The molecule has 1 heterocycles. The summed E-state index contributed by atoms with van der Waals surface area (Å²) in [7, 11) is -3.85. The van der Waals surface area contributed by atoms with E-state index in [1.54, 1.807) is 30.5 Å². The molecule has 0 aliphatic heterocycles. The van der Waals surface area contributed by atoms with Crippen molar-refractivity contribution in [2.75, 3.05) is 6.61 Å². The number of hydrogen-bond acceptors (Lipinski definition) is 4. The first kappa shape index (κ1) is 18.1. The van der Waals surface area contributed by atoms with Crippen molar-refractivity contribution in [2.24, 2.45) is 0 Å². The molecule has 0 spiro atoms. The Kier molecular flexibility index (Phi) is 5.56. The van der Waals surface area contributed by atoms with Crippen LogP contribution >= 0.6 is 23.2 Å². The zero-order valence-corrected chi connectivity index (χ0v) is 15.3. The van der Waals surface area contributed by atoms with Crippen LogP contribution in [0.25, 0.3) is 10.9 Å². The van der Waals surface area contributed by atoms with E-state index >= 15 is 0 Å². The fraction of sp³-hybridized carbons (Fsp3) is 0.118. The molecule has 1 aromatic heterocycles. The lowest BCUT2D eigenvalue weighted by Gasteiger charge is -2.09. The average molecular weight is 397 g/mol. The van der Waals surface area contributed by atoms with Crippen LogP contribution < -0.4 is 4.89 Å². The average Bonchev–Trinajstić information content (AvgIpc) is 2.60. The molecule has 0 atom stereocenters. The van der Waals surface area contributed by atoms with Crippen molar-refractivity contribution >= 4 is 44.1 Å². The van der Waals surface area contributed by atoms with Gasteiger partial charge >= 0.3 is 0 Å². The van der Waals surface area contributed by atoms with E-state index < -0.39 is 10.0 Å². The van der Waals surface area contributed by atoms with Crippen molar-refractivity contribution in [3.05, 3.63) is 70.3 Å². The van der Waals surface area contributed by atoms with Crippen molar-refractivity contribution < 1.29 is 13.3 Å². The van der Waals surface area contributed by atoms with Gasteiger partial charge in [-0.1, -0.05) is 40.2 Å². The topological polar surface area (TPSA) is 68.3 Å². The zero-order chi connectivity index (χ0) is 17.9. The summed E-state index contributed by atoms with van der Waals surface area (Å²) in [4.78, 5) is 11.3. The Balaban J connectivity index is 1.66. The lowest BCUT2D eigenvalue weighted by Crippen LogP contribution is -2.25. The van der Waals surface area contributed by atoms with Gasteiger partial charge in [-0.05, 0) is 48.4 Å². The molecule has 5 nitrogen and oxygen atoms in total. The highest BCUT2D eigenvalue weighted by atomic mass is 35.5. The molecule has 1 N–H and O–H groups in total. The molecule has 0 radical (unpaired) electrons. The van der Waals surface area contributed by atoms with Crippen LogP contribution in [0.1, 0.15) is 5.56 Å². The molecular formula is C17H14Cl2N2O3S. The van der Waals surface area contributed by atoms with E-state index in [0.29, 0.717) is 27.4 Å². The third-order valence-electron chi connectivity index (χ3n) is 3.53. The molecule has 3 aromatic rings. The van der Waals surface area contributed by atoms with Crippen LogP contribution in [-0.2, 0) is 21.3 Å². The summed E-state index contributed by atoms with van der Waals surface area (Å²) in [5, 5.41) is 1.64. The molecular weight excluding hydrogens is 383 g/mol. The van der Waals surface area contributed by atoms with Crippen LogP contribution in [0.5, 0.6) is 0 Å². The van der Waals surface area contributed by atoms with Gasteiger partial charge in [-0.25, -0.2) is 8.42 Å². The largest absolute Gasteiger partial charge is 0.286 e. The van der Waals surface area contributed by atoms with Gasteiger partial charge in [0.1, 0.15) is 0 Å². The number of sulfonamides is 1. The van der Waals surface area contributed by atoms with Crippen LogP contribution in [0.15, 0.2) is 59.6 Å². The summed E-state index contributed by atoms with van der Waals surface area (Å²) in [6.45, 7) is 0.181. The number of pyridine rings is 1. The number of fused-ring (bicyclic) bond motifs is 1. The second-order valence-corrected chi connectivity index (χ2v) is 7.78. The molecule has 0 fully saturated rings. The number of hydrogen-bond donors (Lipinski definition) is 1. The Morgan fingerprint density at radius 1 is 1.08 bits per heavy atom. The summed E-state index contributed by atoms with van der Waals surface area (Å²) in [5.41, 5.74) is 1.48. The van der Waals surface area contributed by atoms with Gasteiger partial charge in [-0.15, -0.1) is 0 Å². The van der Waals surface area contributed by atoms with Gasteiger partial charge in [0.2, 0.25) is 0 Å². The third kappa shape index (κ3) is 4.48. The third-order valence-corrected chi connectivity index (χ3v) is 5.29. The van der Waals surface area contributed by atoms with Crippen LogP contribution in [0.4, 0.5) is 0 Å². The summed E-state index contributed by atoms with van der Waals surface area (Å²) >= 11 is 12.0. The van der Waals surface area contributed by atoms with E-state index in [1.807, 2.05) is 12.1 Å². The Morgan fingerprint density at radius 2 is 1.84 bits per heavy atom. The number of nitrogens with zero attached hydrogens (tertiary/aromatic N) is 1. The summed E-state index contributed by atoms with van der Waals surface area (Å²) in [5.74, 6) is 0. The van der Waals surface area contributed by atoms with Gasteiger partial charge in [0.05, 0.1) is 22.0 Å². The first-order valence-electron chi connectivity index (χ1n) is 7.38. The Labute approximate surface area is 155 Å². The van der Waals surface area contributed by atoms with E-state index in [1.165, 1.54) is 12.1 Å². The van der Waals surface area contributed by atoms with E-state index in [0.717, 1.165) is 5.56 Å². The molecule has 0 bridgehead atoms. The second-order valence-electron chi connectivity index (χ2n) is 5.29. The first-order chi connectivity index (χ1) is 12.0. The molecule has 8 heteroatoms. The van der Waals surface area contributed by atoms with E-state index in [9.17, 15) is 8.42 Å². The molecule has 2 aromatic carbocycles. The smallest absolute Gasteiger partial charge is 0.262 e. The van der Waals surface area contributed by atoms with Gasteiger partial charge in [-0.2, -0.15) is 0 Å². The lowest BCUT2D eigenvalue weighted by atomic mass is 10.2. The molecule has 0 saturated heterocycles. The Morgan fingerprint density at radius 3 is 2.60 bits per heavy atom. The normalized spacial score (nSPS) is 11.8. The minimum Gasteiger partial charge on any atom is -0.286 e. The molecule has 0 aliphatic rings. The van der Waals surface area contributed by atoms with Crippen molar-refractivity contribution in [3.63, 3.8) is 0 Å². The van der Waals surface area contributed by atoms with Crippen molar-refractivity contribution in [1.82, 2.24) is 9.87 Å². The minimum absolute atomic E-state index is 0.00445. The monoisotopic (exact) mass is 396 g/mol. The highest BCUT2D eigenvalue weighted by Crippen LogP contribution is 2.26. The SMILES string of the molecule is O=S(=O)(NOCCc1ccc(Cl)cc1)c1cc(Cl)c2cccnc2c1. The maximum atomic E-state index is 12.3. The number of aromatic nitrogens is 1. The molecule has 0 aliphatic carbocycles. The first-order valence-corrected chi connectivity index (χ1v) is 9.62. The van der Waals surface area contributed by atoms with Crippen LogP contribution in [-0.4, -0.2) is 20.0 Å².